The van der Waals surface area contributed by atoms with Gasteiger partial charge >= 0.3 is 0 Å². The van der Waals surface area contributed by atoms with E-state index in [1.165, 1.54) is 12.8 Å². The quantitative estimate of drug-likeness (QED) is 0.409. The first-order valence-corrected chi connectivity index (χ1v) is 13.6. The average Bonchev–Trinajstić information content (AvgIpc) is 2.83. The predicted octanol–water partition coefficient (Wildman–Crippen LogP) is 4.27. The van der Waals surface area contributed by atoms with Crippen LogP contribution in [0, 0.1) is 38.5 Å². The molecule has 0 bridgehead atoms. The van der Waals surface area contributed by atoms with Crippen LogP contribution < -0.4 is 16.2 Å². The average molecular weight is 521 g/mol. The smallest absolute Gasteiger partial charge is 0.253 e. The number of anilines is 1. The van der Waals surface area contributed by atoms with Crippen LogP contribution in [0.15, 0.2) is 23.0 Å². The SMILES string of the molecule is Cc1cc(C)c(CNC(=O)c2cc(C#CC(C)(C)O)cc(NC(C)C3CCC(N(C)C)CC3)c2C)c(=O)[nH]1. The Morgan fingerprint density at radius 2 is 1.82 bits per heavy atom. The summed E-state index contributed by atoms with van der Waals surface area (Å²) < 4.78 is 0. The number of rotatable bonds is 7. The van der Waals surface area contributed by atoms with Gasteiger partial charge in [0.2, 0.25) is 0 Å². The van der Waals surface area contributed by atoms with E-state index in [-0.39, 0.29) is 24.1 Å². The maximum Gasteiger partial charge on any atom is 0.253 e. The summed E-state index contributed by atoms with van der Waals surface area (Å²) in [6, 6.07) is 6.49. The lowest BCUT2D eigenvalue weighted by atomic mass is 9.81. The van der Waals surface area contributed by atoms with Gasteiger partial charge in [-0.15, -0.1) is 0 Å². The fourth-order valence-electron chi connectivity index (χ4n) is 5.24. The van der Waals surface area contributed by atoms with Gasteiger partial charge in [-0.3, -0.25) is 9.59 Å². The number of nitrogens with zero attached hydrogens (tertiary/aromatic N) is 1. The first-order chi connectivity index (χ1) is 17.7. The second-order valence-corrected chi connectivity index (χ2v) is 11.6. The van der Waals surface area contributed by atoms with Crippen molar-refractivity contribution in [3.8, 4) is 11.8 Å². The van der Waals surface area contributed by atoms with E-state index in [0.29, 0.717) is 28.7 Å². The van der Waals surface area contributed by atoms with Crippen LogP contribution in [0.5, 0.6) is 0 Å². The van der Waals surface area contributed by atoms with Gasteiger partial charge < -0.3 is 25.6 Å². The van der Waals surface area contributed by atoms with Crippen LogP contribution in [0.1, 0.15) is 84.8 Å². The van der Waals surface area contributed by atoms with Crippen molar-refractivity contribution in [2.75, 3.05) is 19.4 Å². The number of aromatic nitrogens is 1. The molecule has 0 aliphatic heterocycles. The summed E-state index contributed by atoms with van der Waals surface area (Å²) in [5.74, 6) is 6.17. The van der Waals surface area contributed by atoms with Gasteiger partial charge in [0.1, 0.15) is 5.60 Å². The van der Waals surface area contributed by atoms with Crippen LogP contribution in [-0.2, 0) is 6.54 Å². The third-order valence-corrected chi connectivity index (χ3v) is 7.65. The van der Waals surface area contributed by atoms with Gasteiger partial charge in [0, 0.05) is 46.7 Å². The zero-order valence-corrected chi connectivity index (χ0v) is 24.2. The highest BCUT2D eigenvalue weighted by molar-refractivity contribution is 5.97. The van der Waals surface area contributed by atoms with Gasteiger partial charge in [-0.05, 0) is 117 Å². The van der Waals surface area contributed by atoms with E-state index in [1.807, 2.05) is 32.9 Å². The molecule has 1 aromatic carbocycles. The Bertz CT molecular complexity index is 1270. The summed E-state index contributed by atoms with van der Waals surface area (Å²) in [6.45, 7) is 11.3. The Hall–Kier alpha value is -3.08. The van der Waals surface area contributed by atoms with Crippen LogP contribution in [0.2, 0.25) is 0 Å². The third-order valence-electron chi connectivity index (χ3n) is 7.65. The van der Waals surface area contributed by atoms with E-state index in [0.717, 1.165) is 35.3 Å². The van der Waals surface area contributed by atoms with E-state index in [4.69, 9.17) is 0 Å². The minimum absolute atomic E-state index is 0.133. The molecular formula is C31H44N4O3. The number of aromatic amines is 1. The molecule has 1 heterocycles. The Kier molecular flexibility index (Phi) is 9.45. The topological polar surface area (TPSA) is 97.5 Å². The monoisotopic (exact) mass is 520 g/mol. The van der Waals surface area contributed by atoms with Crippen LogP contribution >= 0.6 is 0 Å². The molecule has 1 saturated carbocycles. The van der Waals surface area contributed by atoms with Gasteiger partial charge in [0.15, 0.2) is 0 Å². The summed E-state index contributed by atoms with van der Waals surface area (Å²) in [5, 5.41) is 16.7. The summed E-state index contributed by atoms with van der Waals surface area (Å²) in [4.78, 5) is 30.9. The molecule has 7 nitrogen and oxygen atoms in total. The van der Waals surface area contributed by atoms with Gasteiger partial charge in [-0.2, -0.15) is 0 Å². The van der Waals surface area contributed by atoms with E-state index in [1.54, 1.807) is 19.9 Å². The number of pyridine rings is 1. The van der Waals surface area contributed by atoms with Crippen LogP contribution in [-0.4, -0.2) is 52.7 Å². The molecule has 38 heavy (non-hydrogen) atoms. The van der Waals surface area contributed by atoms with E-state index in [9.17, 15) is 14.7 Å². The van der Waals surface area contributed by atoms with Gasteiger partial charge in [0.05, 0.1) is 0 Å². The summed E-state index contributed by atoms with van der Waals surface area (Å²) in [7, 11) is 4.30. The minimum Gasteiger partial charge on any atom is -0.382 e. The maximum absolute atomic E-state index is 13.4. The number of benzene rings is 1. The zero-order valence-electron chi connectivity index (χ0n) is 24.2. The molecule has 1 amide bonds. The molecule has 1 unspecified atom stereocenters. The summed E-state index contributed by atoms with van der Waals surface area (Å²) in [6.07, 6.45) is 4.69. The molecule has 1 aliphatic rings. The van der Waals surface area contributed by atoms with Crippen LogP contribution in [0.4, 0.5) is 5.69 Å². The van der Waals surface area contributed by atoms with Gasteiger partial charge in [0.25, 0.3) is 11.5 Å². The molecule has 0 radical (unpaired) electrons. The molecule has 2 aromatic rings. The normalized spacial score (nSPS) is 18.5. The van der Waals surface area contributed by atoms with Crippen molar-refractivity contribution < 1.29 is 9.90 Å². The molecule has 1 aliphatic carbocycles. The number of carbonyl (C=O) groups is 1. The maximum atomic E-state index is 13.4. The van der Waals surface area contributed by atoms with Gasteiger partial charge in [-0.25, -0.2) is 0 Å². The highest BCUT2D eigenvalue weighted by Crippen LogP contribution is 2.31. The second-order valence-electron chi connectivity index (χ2n) is 11.6. The van der Waals surface area contributed by atoms with E-state index < -0.39 is 5.60 Å². The standard InChI is InChI=1S/C31H44N4O3/c1-19-15-20(2)33-30(37)27(19)18-32-29(36)26-16-23(13-14-31(5,6)38)17-28(21(26)3)34-22(4)24-9-11-25(12-10-24)35(7)8/h15-17,22,24-25,34,38H,9-12,18H2,1-8H3,(H,32,36)(H,33,37). The van der Waals surface area contributed by atoms with Crippen molar-refractivity contribution in [1.29, 1.82) is 0 Å². The van der Waals surface area contributed by atoms with Crippen LogP contribution in [0.25, 0.3) is 0 Å². The van der Waals surface area contributed by atoms with Crippen molar-refractivity contribution in [1.82, 2.24) is 15.2 Å². The fourth-order valence-corrected chi connectivity index (χ4v) is 5.24. The van der Waals surface area contributed by atoms with Crippen LogP contribution in [0.3, 0.4) is 0 Å². The molecule has 206 valence electrons. The third kappa shape index (κ3) is 7.72. The van der Waals surface area contributed by atoms with E-state index >= 15 is 0 Å². The number of hydrogen-bond acceptors (Lipinski definition) is 5. The molecule has 0 spiro atoms. The van der Waals surface area contributed by atoms with E-state index in [2.05, 4.69) is 53.4 Å². The lowest BCUT2D eigenvalue weighted by Gasteiger charge is -2.36. The number of H-pyrrole nitrogens is 1. The van der Waals surface area contributed by atoms with Crippen molar-refractivity contribution in [2.24, 2.45) is 5.92 Å². The largest absolute Gasteiger partial charge is 0.382 e. The Morgan fingerprint density at radius 3 is 2.39 bits per heavy atom. The van der Waals surface area contributed by atoms with Gasteiger partial charge in [-0.1, -0.05) is 11.8 Å². The molecule has 1 atom stereocenters. The Morgan fingerprint density at radius 1 is 1.16 bits per heavy atom. The number of hydrogen-bond donors (Lipinski definition) is 4. The van der Waals surface area contributed by atoms with Crippen molar-refractivity contribution in [3.05, 3.63) is 62.1 Å². The number of aryl methyl sites for hydroxylation is 2. The number of amides is 1. The lowest BCUT2D eigenvalue weighted by molar-refractivity contribution is 0.0950. The molecule has 1 fully saturated rings. The molecular weight excluding hydrogens is 476 g/mol. The Balaban J connectivity index is 1.86. The first-order valence-electron chi connectivity index (χ1n) is 13.6. The minimum atomic E-state index is -1.15. The lowest BCUT2D eigenvalue weighted by Crippen LogP contribution is -2.36. The highest BCUT2D eigenvalue weighted by Gasteiger charge is 2.27. The molecule has 0 saturated heterocycles. The number of aliphatic hydroxyl groups is 1. The molecule has 3 rings (SSSR count). The van der Waals surface area contributed by atoms with Crippen molar-refractivity contribution in [2.45, 2.75) is 91.5 Å². The fraction of sp³-hybridized carbons (Fsp3) is 0.548. The second kappa shape index (κ2) is 12.2. The highest BCUT2D eigenvalue weighted by atomic mass is 16.3. The summed E-state index contributed by atoms with van der Waals surface area (Å²) in [5.41, 5.74) is 3.68. The first kappa shape index (κ1) is 29.5. The zero-order chi connectivity index (χ0) is 28.2. The number of nitrogens with one attached hydrogen (secondary N) is 3. The number of carbonyl (C=O) groups excluding carboxylic acids is 1. The Labute approximate surface area is 227 Å². The van der Waals surface area contributed by atoms with Crippen molar-refractivity contribution >= 4 is 11.6 Å². The molecule has 7 heteroatoms. The molecule has 4 N–H and O–H groups in total. The van der Waals surface area contributed by atoms with Crippen molar-refractivity contribution in [3.63, 3.8) is 0 Å². The molecule has 1 aromatic heterocycles. The predicted molar refractivity (Wildman–Crippen MR) is 155 cm³/mol. The summed E-state index contributed by atoms with van der Waals surface area (Å²) >= 11 is 0.